The maximum Gasteiger partial charge on any atom is 0.0755 e. The predicted octanol–water partition coefficient (Wildman–Crippen LogP) is 30.9. The van der Waals surface area contributed by atoms with Crippen LogP contribution in [-0.2, 0) is 10.8 Å². The van der Waals surface area contributed by atoms with Crippen molar-refractivity contribution in [1.29, 1.82) is 0 Å². The summed E-state index contributed by atoms with van der Waals surface area (Å²) >= 11 is 0. The van der Waals surface area contributed by atoms with E-state index in [1.54, 1.807) is 0 Å². The van der Waals surface area contributed by atoms with Crippen LogP contribution in [0, 0.1) is 0 Å². The molecule has 4 aliphatic rings. The van der Waals surface area contributed by atoms with Crippen molar-refractivity contribution in [3.8, 4) is 89.0 Å². The number of hydrogen-bond acceptors (Lipinski definition) is 4. The van der Waals surface area contributed by atoms with Crippen LogP contribution in [0.2, 0.25) is 0 Å². The van der Waals surface area contributed by atoms with Gasteiger partial charge in [0.05, 0.1) is 45.0 Å². The zero-order chi connectivity index (χ0) is 79.2. The summed E-state index contributed by atoms with van der Waals surface area (Å²) in [4.78, 5) is 9.93. The van der Waals surface area contributed by atoms with Crippen LogP contribution in [-0.4, -0.2) is 0 Å². The van der Waals surface area contributed by atoms with Crippen molar-refractivity contribution in [3.05, 3.63) is 518 Å². The molecule has 0 unspecified atom stereocenters. The molecule has 0 saturated heterocycles. The topological polar surface area (TPSA) is 13.0 Å². The molecule has 0 bridgehead atoms. The molecule has 0 fully saturated rings. The highest BCUT2D eigenvalue weighted by Crippen LogP contribution is 2.67. The summed E-state index contributed by atoms with van der Waals surface area (Å²) in [6.07, 6.45) is 0. The second-order valence-corrected chi connectivity index (χ2v) is 31.7. The zero-order valence-electron chi connectivity index (χ0n) is 65.8. The van der Waals surface area contributed by atoms with Crippen molar-refractivity contribution >= 4 is 68.2 Å². The van der Waals surface area contributed by atoms with E-state index in [1.807, 2.05) is 0 Å². The molecule has 19 aromatic rings. The molecule has 0 atom stereocenters. The van der Waals surface area contributed by atoms with Crippen LogP contribution in [0.1, 0.15) is 44.5 Å². The normalized spacial score (nSPS) is 13.1. The Kier molecular flexibility index (Phi) is 16.7. The van der Waals surface area contributed by atoms with Crippen LogP contribution >= 0.6 is 0 Å². The van der Waals surface area contributed by atoms with E-state index in [4.69, 9.17) is 0 Å². The average Bonchev–Trinajstić information content (AvgIpc) is 1.48. The fourth-order valence-electron chi connectivity index (χ4n) is 20.5. The van der Waals surface area contributed by atoms with Gasteiger partial charge < -0.3 is 19.6 Å². The Hall–Kier alpha value is -15.6. The molecule has 2 heterocycles. The van der Waals surface area contributed by atoms with E-state index in [-0.39, 0.29) is 0 Å². The van der Waals surface area contributed by atoms with Gasteiger partial charge in [-0.1, -0.05) is 364 Å². The summed E-state index contributed by atoms with van der Waals surface area (Å²) in [7, 11) is 0. The first kappa shape index (κ1) is 69.8. The molecule has 0 N–H and O–H groups in total. The lowest BCUT2D eigenvalue weighted by atomic mass is 9.64. The van der Waals surface area contributed by atoms with Crippen molar-refractivity contribution in [2.24, 2.45) is 0 Å². The lowest BCUT2D eigenvalue weighted by molar-refractivity contribution is 0.752. The van der Waals surface area contributed by atoms with Crippen molar-refractivity contribution in [2.75, 3.05) is 19.6 Å². The van der Waals surface area contributed by atoms with Crippen LogP contribution in [0.3, 0.4) is 0 Å². The quantitative estimate of drug-likeness (QED) is 0.108. The van der Waals surface area contributed by atoms with Gasteiger partial charge in [-0.3, -0.25) is 0 Å². The summed E-state index contributed by atoms with van der Waals surface area (Å²) in [5.41, 5.74) is 40.8. The van der Waals surface area contributed by atoms with Gasteiger partial charge in [-0.25, -0.2) is 0 Å². The van der Waals surface area contributed by atoms with Crippen LogP contribution in [0.15, 0.2) is 473 Å². The first-order valence-electron chi connectivity index (χ1n) is 41.5. The third-order valence-corrected chi connectivity index (χ3v) is 25.5. The number of benzene rings is 19. The molecule has 2 spiro atoms. The largest absolute Gasteiger partial charge is 0.310 e. The maximum absolute atomic E-state index is 2.51. The molecule has 0 amide bonds. The summed E-state index contributed by atoms with van der Waals surface area (Å²) < 4.78 is 0. The first-order chi connectivity index (χ1) is 59.6. The molecule has 0 radical (unpaired) electrons. The van der Waals surface area contributed by atoms with E-state index in [9.17, 15) is 0 Å². The standard InChI is InChI=1S/C116H78N4/c1-5-34-82(35-6-1)91-44-13-15-46-93(91)99-50-19-27-58-109(99)117(85-39-9-3-10-40-85)89-72-74-97-96-49-18-22-53-102(96)116(107(97)77-89)105-56-25-31-62-113(105)120(114-63-32-26-57-106(114)116)88-43-33-38-84(76-88)81-66-64-79(65-67-81)80-68-70-87(71-69-80)118(110-59-28-20-51-100(110)94-47-16-14-45-92(94)83-36-7-2-8-37-83)90-73-75-98-95-48-17-21-52-101(95)115(108(98)78-90)103-54-23-29-60-111(103)119(86-41-11-4-12-42-86)112-61-30-24-55-104(112)115/h1-78H. The molecule has 4 heteroatoms. The minimum Gasteiger partial charge on any atom is -0.310 e. The summed E-state index contributed by atoms with van der Waals surface area (Å²) in [5.74, 6) is 0. The Morgan fingerprint density at radius 1 is 0.150 bits per heavy atom. The second-order valence-electron chi connectivity index (χ2n) is 31.7. The molecule has 4 nitrogen and oxygen atoms in total. The lowest BCUT2D eigenvalue weighted by Gasteiger charge is -2.45. The number of nitrogens with zero attached hydrogens (tertiary/aromatic N) is 4. The third kappa shape index (κ3) is 10.9. The van der Waals surface area contributed by atoms with Gasteiger partial charge in [0.1, 0.15) is 0 Å². The fraction of sp³-hybridized carbons (Fsp3) is 0.0172. The van der Waals surface area contributed by atoms with Gasteiger partial charge in [0.2, 0.25) is 0 Å². The number of para-hydroxylation sites is 8. The minimum absolute atomic E-state index is 0.653. The second kappa shape index (κ2) is 28.7. The van der Waals surface area contributed by atoms with Gasteiger partial charge in [0.25, 0.3) is 0 Å². The molecule has 2 aliphatic carbocycles. The highest BCUT2D eigenvalue weighted by atomic mass is 15.2. The average molecular weight is 1530 g/mol. The number of rotatable bonds is 14. The SMILES string of the molecule is c1ccc(-c2ccccc2-c2ccccc2N(c2ccc(-c3ccc(-c4cccc(N5c6ccccc6C6(c7ccccc7-c7ccc(N(c8ccccc8)c8ccccc8-c8ccccc8-c8ccccc8)cc76)c6ccccc65)c4)cc3)cc2)c2ccc3c(c2)C2(c4ccccc4-3)c3ccccc3N(c3ccccc3)c3ccccc32)cc1. The number of fused-ring (bicyclic) bond motifs is 18. The molecular formula is C116H78N4. The van der Waals surface area contributed by atoms with Gasteiger partial charge in [-0.05, 0) is 232 Å². The molecule has 562 valence electrons. The van der Waals surface area contributed by atoms with Crippen LogP contribution < -0.4 is 19.6 Å². The van der Waals surface area contributed by atoms with Crippen LogP contribution in [0.4, 0.5) is 68.2 Å². The van der Waals surface area contributed by atoms with E-state index in [0.717, 1.165) is 95.8 Å². The van der Waals surface area contributed by atoms with Gasteiger partial charge in [0, 0.05) is 45.3 Å². The highest BCUT2D eigenvalue weighted by molar-refractivity contribution is 6.03. The predicted molar refractivity (Wildman–Crippen MR) is 500 cm³/mol. The van der Waals surface area contributed by atoms with E-state index >= 15 is 0 Å². The third-order valence-electron chi connectivity index (χ3n) is 25.5. The molecule has 23 rings (SSSR count). The van der Waals surface area contributed by atoms with Crippen molar-refractivity contribution < 1.29 is 0 Å². The monoisotopic (exact) mass is 1530 g/mol. The first-order valence-corrected chi connectivity index (χ1v) is 41.5. The van der Waals surface area contributed by atoms with Crippen molar-refractivity contribution in [1.82, 2.24) is 0 Å². The van der Waals surface area contributed by atoms with Crippen molar-refractivity contribution in [2.45, 2.75) is 10.8 Å². The number of anilines is 12. The molecule has 0 aromatic heterocycles. The Morgan fingerprint density at radius 3 is 0.867 bits per heavy atom. The Balaban J connectivity index is 0.616. The lowest BCUT2D eigenvalue weighted by Crippen LogP contribution is -2.36. The fourth-order valence-corrected chi connectivity index (χ4v) is 20.5. The van der Waals surface area contributed by atoms with Gasteiger partial charge in [-0.2, -0.15) is 0 Å². The van der Waals surface area contributed by atoms with E-state index < -0.39 is 10.8 Å². The maximum atomic E-state index is 2.51. The van der Waals surface area contributed by atoms with Crippen LogP contribution in [0.5, 0.6) is 0 Å². The Morgan fingerprint density at radius 2 is 0.433 bits per heavy atom. The van der Waals surface area contributed by atoms with Gasteiger partial charge >= 0.3 is 0 Å². The smallest absolute Gasteiger partial charge is 0.0755 e. The van der Waals surface area contributed by atoms with Crippen LogP contribution in [0.25, 0.3) is 89.0 Å². The minimum atomic E-state index is -0.683. The highest BCUT2D eigenvalue weighted by Gasteiger charge is 2.54. The molecule has 19 aromatic carbocycles. The van der Waals surface area contributed by atoms with Gasteiger partial charge in [0.15, 0.2) is 0 Å². The van der Waals surface area contributed by atoms with Gasteiger partial charge in [-0.15, -0.1) is 0 Å². The zero-order valence-corrected chi connectivity index (χ0v) is 65.8. The van der Waals surface area contributed by atoms with E-state index in [2.05, 4.69) is 493 Å². The Labute approximate surface area is 700 Å². The Bertz CT molecular complexity index is 7080. The molecule has 2 aliphatic heterocycles. The molecule has 120 heavy (non-hydrogen) atoms. The summed E-state index contributed by atoms with van der Waals surface area (Å²) in [6.45, 7) is 0. The molecule has 0 saturated carbocycles. The van der Waals surface area contributed by atoms with Crippen molar-refractivity contribution in [3.63, 3.8) is 0 Å². The summed E-state index contributed by atoms with van der Waals surface area (Å²) in [6, 6.07) is 176. The molecular weight excluding hydrogens is 1450 g/mol. The van der Waals surface area contributed by atoms with E-state index in [0.29, 0.717) is 0 Å². The number of hydrogen-bond donors (Lipinski definition) is 0. The summed E-state index contributed by atoms with van der Waals surface area (Å²) in [5, 5.41) is 0. The van der Waals surface area contributed by atoms with E-state index in [1.165, 1.54) is 106 Å².